The van der Waals surface area contributed by atoms with Crippen LogP contribution in [-0.4, -0.2) is 19.8 Å². The summed E-state index contributed by atoms with van der Waals surface area (Å²) >= 11 is 0. The van der Waals surface area contributed by atoms with Crippen molar-refractivity contribution in [1.82, 2.24) is 5.32 Å². The summed E-state index contributed by atoms with van der Waals surface area (Å²) < 4.78 is 6.03. The Morgan fingerprint density at radius 2 is 1.71 bits per heavy atom. The summed E-state index contributed by atoms with van der Waals surface area (Å²) in [6.45, 7) is 0. The van der Waals surface area contributed by atoms with Crippen LogP contribution in [0.15, 0.2) is 24.3 Å². The second-order valence-corrected chi connectivity index (χ2v) is 6.85. The minimum absolute atomic E-state index is 0.0228. The third-order valence-corrected chi connectivity index (χ3v) is 5.77. The average molecular weight is 287 g/mol. The molecule has 2 heteroatoms. The van der Waals surface area contributed by atoms with Crippen LogP contribution in [-0.2, 0) is 4.74 Å². The molecule has 0 spiro atoms. The van der Waals surface area contributed by atoms with Crippen LogP contribution in [0, 0.1) is 0 Å². The SMILES string of the molecule is CNC(c1ccc(C2CCC2)cc1)C1(OC)CCCCC1. The molecule has 0 aromatic heterocycles. The average Bonchev–Trinajstić information content (AvgIpc) is 2.49. The molecule has 1 unspecified atom stereocenters. The molecule has 0 amide bonds. The van der Waals surface area contributed by atoms with Crippen LogP contribution in [0.1, 0.15) is 74.5 Å². The van der Waals surface area contributed by atoms with E-state index in [0.29, 0.717) is 6.04 Å². The van der Waals surface area contributed by atoms with E-state index >= 15 is 0 Å². The Morgan fingerprint density at radius 3 is 2.19 bits per heavy atom. The van der Waals surface area contributed by atoms with Gasteiger partial charge in [0, 0.05) is 7.11 Å². The van der Waals surface area contributed by atoms with Gasteiger partial charge in [0.15, 0.2) is 0 Å². The number of hydrogen-bond donors (Lipinski definition) is 1. The van der Waals surface area contributed by atoms with Gasteiger partial charge in [0.2, 0.25) is 0 Å². The molecule has 2 nitrogen and oxygen atoms in total. The second kappa shape index (κ2) is 6.50. The molecule has 0 radical (unpaired) electrons. The lowest BCUT2D eigenvalue weighted by Gasteiger charge is -2.42. The van der Waals surface area contributed by atoms with Crippen molar-refractivity contribution in [3.63, 3.8) is 0 Å². The van der Waals surface area contributed by atoms with Crippen LogP contribution in [0.2, 0.25) is 0 Å². The normalized spacial score (nSPS) is 23.5. The van der Waals surface area contributed by atoms with E-state index in [0.717, 1.165) is 5.92 Å². The van der Waals surface area contributed by atoms with Crippen molar-refractivity contribution >= 4 is 0 Å². The van der Waals surface area contributed by atoms with Crippen molar-refractivity contribution in [2.45, 2.75) is 68.9 Å². The van der Waals surface area contributed by atoms with Crippen LogP contribution in [0.5, 0.6) is 0 Å². The lowest BCUT2D eigenvalue weighted by atomic mass is 9.75. The van der Waals surface area contributed by atoms with Crippen LogP contribution < -0.4 is 5.32 Å². The number of ether oxygens (including phenoxy) is 1. The number of likely N-dealkylation sites (N-methyl/N-ethyl adjacent to an activating group) is 1. The molecule has 0 aliphatic heterocycles. The van der Waals surface area contributed by atoms with Gasteiger partial charge in [-0.2, -0.15) is 0 Å². The highest BCUT2D eigenvalue weighted by molar-refractivity contribution is 5.30. The molecule has 2 fully saturated rings. The first-order valence-corrected chi connectivity index (χ1v) is 8.61. The molecule has 1 aromatic carbocycles. The highest BCUT2D eigenvalue weighted by Gasteiger charge is 2.40. The molecule has 1 aromatic rings. The number of hydrogen-bond acceptors (Lipinski definition) is 2. The maximum Gasteiger partial charge on any atom is 0.0872 e. The minimum atomic E-state index is -0.0228. The van der Waals surface area contributed by atoms with E-state index in [1.54, 1.807) is 0 Å². The highest BCUT2D eigenvalue weighted by Crippen LogP contribution is 2.42. The molecule has 0 bridgehead atoms. The molecule has 0 saturated heterocycles. The zero-order valence-corrected chi connectivity index (χ0v) is 13.5. The molecule has 3 rings (SSSR count). The summed E-state index contributed by atoms with van der Waals surface area (Å²) in [6, 6.07) is 9.64. The van der Waals surface area contributed by atoms with E-state index in [-0.39, 0.29) is 5.60 Å². The van der Waals surface area contributed by atoms with Gasteiger partial charge in [-0.1, -0.05) is 49.9 Å². The van der Waals surface area contributed by atoms with Gasteiger partial charge >= 0.3 is 0 Å². The summed E-state index contributed by atoms with van der Waals surface area (Å²) in [7, 11) is 3.96. The predicted octanol–water partition coefficient (Wildman–Crippen LogP) is 4.56. The van der Waals surface area contributed by atoms with Crippen molar-refractivity contribution in [3.05, 3.63) is 35.4 Å². The third-order valence-electron chi connectivity index (χ3n) is 5.77. The minimum Gasteiger partial charge on any atom is -0.376 e. The largest absolute Gasteiger partial charge is 0.376 e. The lowest BCUT2D eigenvalue weighted by molar-refractivity contribution is -0.0671. The number of rotatable bonds is 5. The Bertz CT molecular complexity index is 443. The fraction of sp³-hybridized carbons (Fsp3) is 0.684. The summed E-state index contributed by atoms with van der Waals surface area (Å²) in [5.74, 6) is 0.818. The van der Waals surface area contributed by atoms with Crippen molar-refractivity contribution in [1.29, 1.82) is 0 Å². The van der Waals surface area contributed by atoms with Crippen molar-refractivity contribution in [3.8, 4) is 0 Å². The van der Waals surface area contributed by atoms with Gasteiger partial charge in [-0.3, -0.25) is 0 Å². The quantitative estimate of drug-likeness (QED) is 0.857. The van der Waals surface area contributed by atoms with Gasteiger partial charge < -0.3 is 10.1 Å². The van der Waals surface area contributed by atoms with Gasteiger partial charge in [-0.15, -0.1) is 0 Å². The molecular weight excluding hydrogens is 258 g/mol. The van der Waals surface area contributed by atoms with E-state index in [1.807, 2.05) is 7.11 Å². The Morgan fingerprint density at radius 1 is 1.05 bits per heavy atom. The summed E-state index contributed by atoms with van der Waals surface area (Å²) in [6.07, 6.45) is 10.4. The Hall–Kier alpha value is -0.860. The van der Waals surface area contributed by atoms with E-state index in [4.69, 9.17) is 4.74 Å². The van der Waals surface area contributed by atoms with Crippen molar-refractivity contribution < 1.29 is 4.74 Å². The topological polar surface area (TPSA) is 21.3 Å². The standard InChI is InChI=1S/C19H29NO/c1-20-18(19(21-2)13-4-3-5-14-19)17-11-9-16(10-12-17)15-7-6-8-15/h9-12,15,18,20H,3-8,13-14H2,1-2H3. The van der Waals surface area contributed by atoms with Crippen molar-refractivity contribution in [2.75, 3.05) is 14.2 Å². The maximum atomic E-state index is 6.03. The van der Waals surface area contributed by atoms with E-state index in [9.17, 15) is 0 Å². The van der Waals surface area contributed by atoms with E-state index in [1.165, 1.54) is 62.5 Å². The number of methoxy groups -OCH3 is 1. The van der Waals surface area contributed by atoms with Crippen LogP contribution in [0.25, 0.3) is 0 Å². The predicted molar refractivity (Wildman–Crippen MR) is 87.7 cm³/mol. The Labute approximate surface area is 129 Å². The molecule has 2 saturated carbocycles. The summed E-state index contributed by atoms with van der Waals surface area (Å²) in [5.41, 5.74) is 2.88. The third kappa shape index (κ3) is 2.89. The van der Waals surface area contributed by atoms with E-state index in [2.05, 4.69) is 36.6 Å². The zero-order valence-electron chi connectivity index (χ0n) is 13.5. The highest BCUT2D eigenvalue weighted by atomic mass is 16.5. The fourth-order valence-electron chi connectivity index (χ4n) is 4.20. The van der Waals surface area contributed by atoms with Crippen molar-refractivity contribution in [2.24, 2.45) is 0 Å². The first kappa shape index (κ1) is 15.1. The Balaban J connectivity index is 1.81. The maximum absolute atomic E-state index is 6.03. The monoisotopic (exact) mass is 287 g/mol. The van der Waals surface area contributed by atoms with Crippen LogP contribution in [0.3, 0.4) is 0 Å². The first-order valence-electron chi connectivity index (χ1n) is 8.61. The number of benzene rings is 1. The molecule has 1 atom stereocenters. The smallest absolute Gasteiger partial charge is 0.0872 e. The molecule has 2 aliphatic rings. The van der Waals surface area contributed by atoms with E-state index < -0.39 is 0 Å². The molecule has 2 aliphatic carbocycles. The fourth-order valence-corrected chi connectivity index (χ4v) is 4.20. The van der Waals surface area contributed by atoms with Gasteiger partial charge in [0.05, 0.1) is 11.6 Å². The molecular formula is C19H29NO. The van der Waals surface area contributed by atoms with Gasteiger partial charge in [-0.25, -0.2) is 0 Å². The molecule has 116 valence electrons. The van der Waals surface area contributed by atoms with Crippen LogP contribution >= 0.6 is 0 Å². The zero-order chi connectivity index (χ0) is 14.7. The molecule has 1 N–H and O–H groups in total. The number of nitrogens with one attached hydrogen (secondary N) is 1. The summed E-state index contributed by atoms with van der Waals surface area (Å²) in [5, 5.41) is 3.53. The van der Waals surface area contributed by atoms with Gasteiger partial charge in [0.1, 0.15) is 0 Å². The summed E-state index contributed by atoms with van der Waals surface area (Å²) in [4.78, 5) is 0. The molecule has 21 heavy (non-hydrogen) atoms. The van der Waals surface area contributed by atoms with Gasteiger partial charge in [-0.05, 0) is 49.8 Å². The van der Waals surface area contributed by atoms with Gasteiger partial charge in [0.25, 0.3) is 0 Å². The Kier molecular flexibility index (Phi) is 4.66. The molecule has 0 heterocycles. The van der Waals surface area contributed by atoms with Crippen LogP contribution in [0.4, 0.5) is 0 Å². The lowest BCUT2D eigenvalue weighted by Crippen LogP contribution is -2.46. The first-order chi connectivity index (χ1) is 10.3. The second-order valence-electron chi connectivity index (χ2n) is 6.85.